The number of rotatable bonds is 5. The zero-order chi connectivity index (χ0) is 11.4. The number of aryl methyl sites for hydroxylation is 1. The quantitative estimate of drug-likeness (QED) is 0.840. The third-order valence-corrected chi connectivity index (χ3v) is 3.60. The van der Waals surface area contributed by atoms with Crippen LogP contribution in [0.3, 0.4) is 0 Å². The van der Waals surface area contributed by atoms with Gasteiger partial charge in [0.2, 0.25) is 5.76 Å². The molecule has 0 radical (unpaired) electrons. The summed E-state index contributed by atoms with van der Waals surface area (Å²) in [5, 5.41) is 9.37. The van der Waals surface area contributed by atoms with E-state index < -0.39 is 5.97 Å². The lowest BCUT2D eigenvalue weighted by Crippen LogP contribution is -1.95. The lowest BCUT2D eigenvalue weighted by Gasteiger charge is -2.05. The number of aromatic carboxylic acids is 1. The van der Waals surface area contributed by atoms with Gasteiger partial charge in [0.15, 0.2) is 0 Å². The summed E-state index contributed by atoms with van der Waals surface area (Å²) in [6.07, 6.45) is 1.11. The molecule has 0 aliphatic rings. The van der Waals surface area contributed by atoms with Crippen LogP contribution in [0.25, 0.3) is 0 Å². The second-order valence-corrected chi connectivity index (χ2v) is 4.99. The summed E-state index contributed by atoms with van der Waals surface area (Å²) in [5.74, 6) is 0.556. The van der Waals surface area contributed by atoms with Crippen LogP contribution in [0, 0.1) is 6.92 Å². The average molecular weight is 228 g/mol. The molecule has 0 bridgehead atoms. The van der Waals surface area contributed by atoms with Gasteiger partial charge in [0.25, 0.3) is 0 Å². The largest absolute Gasteiger partial charge is 0.475 e. The third kappa shape index (κ3) is 3.30. The first-order valence-electron chi connectivity index (χ1n) is 4.98. The molecule has 0 aromatic carbocycles. The molecule has 0 saturated heterocycles. The highest BCUT2D eigenvalue weighted by Gasteiger charge is 2.14. The van der Waals surface area contributed by atoms with Gasteiger partial charge in [0.1, 0.15) is 5.76 Å². The zero-order valence-electron chi connectivity index (χ0n) is 9.24. The van der Waals surface area contributed by atoms with Crippen LogP contribution in [0.5, 0.6) is 0 Å². The SMILES string of the molecule is CCC(C)SCc1cc(C)c(C(=O)O)o1. The normalized spacial score (nSPS) is 12.7. The van der Waals surface area contributed by atoms with Crippen LogP contribution in [0.2, 0.25) is 0 Å². The summed E-state index contributed by atoms with van der Waals surface area (Å²) >= 11 is 1.78. The van der Waals surface area contributed by atoms with Crippen molar-refractivity contribution in [3.8, 4) is 0 Å². The number of furan rings is 1. The number of carbonyl (C=O) groups is 1. The van der Waals surface area contributed by atoms with Crippen molar-refractivity contribution in [2.24, 2.45) is 0 Å². The molecular formula is C11H16O3S. The molecule has 0 aliphatic carbocycles. The molecule has 0 fully saturated rings. The van der Waals surface area contributed by atoms with E-state index >= 15 is 0 Å². The van der Waals surface area contributed by atoms with Gasteiger partial charge < -0.3 is 9.52 Å². The van der Waals surface area contributed by atoms with Gasteiger partial charge in [-0.1, -0.05) is 13.8 Å². The van der Waals surface area contributed by atoms with E-state index in [0.717, 1.165) is 17.9 Å². The lowest BCUT2D eigenvalue weighted by atomic mass is 10.3. The first kappa shape index (κ1) is 12.2. The first-order valence-corrected chi connectivity index (χ1v) is 6.03. The van der Waals surface area contributed by atoms with E-state index in [1.54, 1.807) is 24.8 Å². The Morgan fingerprint density at radius 1 is 1.67 bits per heavy atom. The summed E-state index contributed by atoms with van der Waals surface area (Å²) in [6, 6.07) is 1.80. The van der Waals surface area contributed by atoms with Crippen molar-refractivity contribution in [1.82, 2.24) is 0 Å². The van der Waals surface area contributed by atoms with Crippen LogP contribution in [-0.2, 0) is 5.75 Å². The smallest absolute Gasteiger partial charge is 0.372 e. The Morgan fingerprint density at radius 3 is 2.80 bits per heavy atom. The number of carboxylic acid groups (broad SMARTS) is 1. The Hall–Kier alpha value is -0.900. The summed E-state index contributed by atoms with van der Waals surface area (Å²) in [5.41, 5.74) is 0.697. The predicted octanol–water partition coefficient (Wildman–Crippen LogP) is 3.32. The van der Waals surface area contributed by atoms with Crippen molar-refractivity contribution in [1.29, 1.82) is 0 Å². The van der Waals surface area contributed by atoms with Crippen LogP contribution in [0.4, 0.5) is 0 Å². The molecule has 1 aromatic rings. The summed E-state index contributed by atoms with van der Waals surface area (Å²) in [4.78, 5) is 10.7. The van der Waals surface area contributed by atoms with E-state index in [1.165, 1.54) is 0 Å². The fraction of sp³-hybridized carbons (Fsp3) is 0.545. The highest BCUT2D eigenvalue weighted by atomic mass is 32.2. The standard InChI is InChI=1S/C11H16O3S/c1-4-8(3)15-6-9-5-7(2)10(14-9)11(12)13/h5,8H,4,6H2,1-3H3,(H,12,13). The summed E-state index contributed by atoms with van der Waals surface area (Å²) in [7, 11) is 0. The molecule has 1 heterocycles. The molecule has 84 valence electrons. The monoisotopic (exact) mass is 228 g/mol. The minimum absolute atomic E-state index is 0.0646. The average Bonchev–Trinajstić information content (AvgIpc) is 2.56. The molecule has 0 spiro atoms. The van der Waals surface area contributed by atoms with E-state index in [2.05, 4.69) is 13.8 Å². The molecule has 1 aromatic heterocycles. The van der Waals surface area contributed by atoms with Gasteiger partial charge in [-0.25, -0.2) is 4.79 Å². The number of hydrogen-bond donors (Lipinski definition) is 1. The molecule has 15 heavy (non-hydrogen) atoms. The fourth-order valence-electron chi connectivity index (χ4n) is 1.17. The van der Waals surface area contributed by atoms with E-state index in [9.17, 15) is 4.79 Å². The highest BCUT2D eigenvalue weighted by Crippen LogP contribution is 2.23. The van der Waals surface area contributed by atoms with Crippen LogP contribution >= 0.6 is 11.8 Å². The van der Waals surface area contributed by atoms with Crippen molar-refractivity contribution in [2.75, 3.05) is 0 Å². The highest BCUT2D eigenvalue weighted by molar-refractivity contribution is 7.99. The molecule has 1 atom stereocenters. The van der Waals surface area contributed by atoms with Gasteiger partial charge in [-0.05, 0) is 19.4 Å². The predicted molar refractivity (Wildman–Crippen MR) is 61.5 cm³/mol. The molecule has 1 rings (SSSR count). The van der Waals surface area contributed by atoms with E-state index in [-0.39, 0.29) is 5.76 Å². The minimum atomic E-state index is -0.993. The number of carboxylic acids is 1. The van der Waals surface area contributed by atoms with Gasteiger partial charge in [0, 0.05) is 10.8 Å². The molecule has 0 aliphatic heterocycles. The van der Waals surface area contributed by atoms with Gasteiger partial charge >= 0.3 is 5.97 Å². The van der Waals surface area contributed by atoms with Crippen LogP contribution in [0.15, 0.2) is 10.5 Å². The Bertz CT molecular complexity index is 344. The van der Waals surface area contributed by atoms with Crippen LogP contribution in [-0.4, -0.2) is 16.3 Å². The van der Waals surface area contributed by atoms with Crippen molar-refractivity contribution >= 4 is 17.7 Å². The van der Waals surface area contributed by atoms with Gasteiger partial charge in [0.05, 0.1) is 5.75 Å². The Morgan fingerprint density at radius 2 is 2.33 bits per heavy atom. The molecule has 1 unspecified atom stereocenters. The van der Waals surface area contributed by atoms with Gasteiger partial charge in [-0.15, -0.1) is 0 Å². The van der Waals surface area contributed by atoms with E-state index in [4.69, 9.17) is 9.52 Å². The minimum Gasteiger partial charge on any atom is -0.475 e. The molecular weight excluding hydrogens is 212 g/mol. The molecule has 1 N–H and O–H groups in total. The number of thioether (sulfide) groups is 1. The van der Waals surface area contributed by atoms with Crippen LogP contribution < -0.4 is 0 Å². The van der Waals surface area contributed by atoms with E-state index in [0.29, 0.717) is 10.8 Å². The van der Waals surface area contributed by atoms with Crippen molar-refractivity contribution in [3.63, 3.8) is 0 Å². The molecule has 0 amide bonds. The Balaban J connectivity index is 2.63. The Kier molecular flexibility index (Phi) is 4.27. The van der Waals surface area contributed by atoms with E-state index in [1.807, 2.05) is 0 Å². The summed E-state index contributed by atoms with van der Waals surface area (Å²) in [6.45, 7) is 6.04. The lowest BCUT2D eigenvalue weighted by molar-refractivity contribution is 0.0659. The van der Waals surface area contributed by atoms with Gasteiger partial charge in [-0.3, -0.25) is 0 Å². The second kappa shape index (κ2) is 5.26. The van der Waals surface area contributed by atoms with Crippen molar-refractivity contribution in [2.45, 2.75) is 38.2 Å². The topological polar surface area (TPSA) is 50.4 Å². The maximum Gasteiger partial charge on any atom is 0.372 e. The van der Waals surface area contributed by atoms with Crippen LogP contribution in [0.1, 0.15) is 42.1 Å². The molecule has 0 saturated carbocycles. The summed E-state index contributed by atoms with van der Waals surface area (Å²) < 4.78 is 5.25. The Labute approximate surface area is 93.9 Å². The second-order valence-electron chi connectivity index (χ2n) is 3.56. The maximum absolute atomic E-state index is 10.7. The fourth-order valence-corrected chi connectivity index (χ4v) is 2.00. The third-order valence-electron chi connectivity index (χ3n) is 2.25. The molecule has 4 heteroatoms. The molecule has 3 nitrogen and oxygen atoms in total. The number of hydrogen-bond acceptors (Lipinski definition) is 3. The van der Waals surface area contributed by atoms with Crippen molar-refractivity contribution in [3.05, 3.63) is 23.2 Å². The zero-order valence-corrected chi connectivity index (χ0v) is 10.1. The van der Waals surface area contributed by atoms with Crippen molar-refractivity contribution < 1.29 is 14.3 Å². The van der Waals surface area contributed by atoms with Gasteiger partial charge in [-0.2, -0.15) is 11.8 Å². The first-order chi connectivity index (χ1) is 7.04. The maximum atomic E-state index is 10.7.